The van der Waals surface area contributed by atoms with Crippen molar-refractivity contribution in [3.8, 4) is 0 Å². The SMILES string of the molecule is COC1CC[C@H]2C(CC=C3C4=CC(OC(=O)c5cccnc5)=C(OC(=O)c5cccnc5)[C@@]4(C)CC[C@@H]32)C1. The largest absolute Gasteiger partial charge is 0.422 e. The smallest absolute Gasteiger partial charge is 0.345 e. The summed E-state index contributed by atoms with van der Waals surface area (Å²) in [5, 5.41) is 0. The van der Waals surface area contributed by atoms with Gasteiger partial charge in [0.2, 0.25) is 0 Å². The Kier molecular flexibility index (Phi) is 6.48. The van der Waals surface area contributed by atoms with Crippen LogP contribution < -0.4 is 0 Å². The van der Waals surface area contributed by atoms with E-state index in [-0.39, 0.29) is 0 Å². The molecule has 0 spiro atoms. The van der Waals surface area contributed by atoms with Crippen LogP contribution in [0.4, 0.5) is 0 Å². The Hall–Kier alpha value is -3.58. The van der Waals surface area contributed by atoms with Crippen LogP contribution in [0, 0.1) is 23.2 Å². The molecule has 2 saturated carbocycles. The number of fused-ring (bicyclic) bond motifs is 5. The zero-order valence-electron chi connectivity index (χ0n) is 21.8. The lowest BCUT2D eigenvalue weighted by Crippen LogP contribution is -2.41. The number of rotatable bonds is 5. The highest BCUT2D eigenvalue weighted by molar-refractivity contribution is 5.91. The molecule has 6 rings (SSSR count). The highest BCUT2D eigenvalue weighted by Crippen LogP contribution is 2.60. The van der Waals surface area contributed by atoms with Gasteiger partial charge in [-0.25, -0.2) is 9.59 Å². The van der Waals surface area contributed by atoms with E-state index in [2.05, 4.69) is 23.0 Å². The van der Waals surface area contributed by atoms with Crippen LogP contribution in [0.25, 0.3) is 0 Å². The number of carbonyl (C=O) groups is 2. The number of hydrogen-bond donors (Lipinski definition) is 0. The molecule has 0 bridgehead atoms. The van der Waals surface area contributed by atoms with Crippen LogP contribution in [0.1, 0.15) is 66.2 Å². The number of esters is 2. The summed E-state index contributed by atoms with van der Waals surface area (Å²) in [7, 11) is 1.82. The molecule has 5 atom stereocenters. The summed E-state index contributed by atoms with van der Waals surface area (Å²) in [4.78, 5) is 34.3. The minimum atomic E-state index is -0.568. The number of methoxy groups -OCH3 is 1. The minimum Gasteiger partial charge on any atom is -0.422 e. The fourth-order valence-electron chi connectivity index (χ4n) is 6.96. The van der Waals surface area contributed by atoms with Gasteiger partial charge in [-0.3, -0.25) is 9.97 Å². The lowest BCUT2D eigenvalue weighted by Gasteiger charge is -2.49. The fraction of sp³-hybridized carbons (Fsp3) is 0.419. The maximum atomic E-state index is 13.2. The number of allylic oxidation sites excluding steroid dienone is 4. The van der Waals surface area contributed by atoms with Crippen molar-refractivity contribution in [2.75, 3.05) is 7.11 Å². The predicted octanol–water partition coefficient (Wildman–Crippen LogP) is 5.82. The summed E-state index contributed by atoms with van der Waals surface area (Å²) < 4.78 is 17.6. The molecule has 0 aliphatic heterocycles. The van der Waals surface area contributed by atoms with Crippen molar-refractivity contribution in [2.24, 2.45) is 23.2 Å². The molecule has 4 aliphatic carbocycles. The van der Waals surface area contributed by atoms with Crippen molar-refractivity contribution in [1.29, 1.82) is 0 Å². The van der Waals surface area contributed by atoms with Gasteiger partial charge in [0.05, 0.1) is 22.6 Å². The van der Waals surface area contributed by atoms with Crippen LogP contribution in [0.3, 0.4) is 0 Å². The molecule has 7 nitrogen and oxygen atoms in total. The Balaban J connectivity index is 1.34. The van der Waals surface area contributed by atoms with Crippen molar-refractivity contribution in [3.05, 3.63) is 95.0 Å². The van der Waals surface area contributed by atoms with E-state index in [4.69, 9.17) is 14.2 Å². The molecular weight excluding hydrogens is 480 g/mol. The van der Waals surface area contributed by atoms with Gasteiger partial charge in [-0.1, -0.05) is 6.08 Å². The summed E-state index contributed by atoms with van der Waals surface area (Å²) in [6.45, 7) is 2.10. The first kappa shape index (κ1) is 24.7. The highest BCUT2D eigenvalue weighted by atomic mass is 16.6. The van der Waals surface area contributed by atoms with Crippen LogP contribution in [-0.4, -0.2) is 35.1 Å². The number of carbonyl (C=O) groups excluding carboxylic acids is 2. The highest BCUT2D eigenvalue weighted by Gasteiger charge is 2.52. The van der Waals surface area contributed by atoms with E-state index >= 15 is 0 Å². The van der Waals surface area contributed by atoms with Crippen molar-refractivity contribution < 1.29 is 23.8 Å². The zero-order valence-corrected chi connectivity index (χ0v) is 21.8. The quantitative estimate of drug-likeness (QED) is 0.467. The second kappa shape index (κ2) is 9.95. The van der Waals surface area contributed by atoms with E-state index in [9.17, 15) is 9.59 Å². The first-order valence-corrected chi connectivity index (χ1v) is 13.4. The molecule has 7 heteroatoms. The third kappa shape index (κ3) is 4.29. The van der Waals surface area contributed by atoms with Crippen LogP contribution in [0.5, 0.6) is 0 Å². The Morgan fingerprint density at radius 1 is 0.974 bits per heavy atom. The Labute approximate surface area is 222 Å². The summed E-state index contributed by atoms with van der Waals surface area (Å²) >= 11 is 0. The third-order valence-corrected chi connectivity index (χ3v) is 8.94. The monoisotopic (exact) mass is 512 g/mol. The second-order valence-corrected chi connectivity index (χ2v) is 11.0. The Morgan fingerprint density at radius 3 is 2.34 bits per heavy atom. The van der Waals surface area contributed by atoms with Crippen LogP contribution in [-0.2, 0) is 14.2 Å². The molecule has 2 aromatic rings. The fourth-order valence-corrected chi connectivity index (χ4v) is 6.96. The lowest BCUT2D eigenvalue weighted by atomic mass is 9.56. The number of ether oxygens (including phenoxy) is 3. The number of pyridine rings is 2. The minimum absolute atomic E-state index is 0.292. The number of nitrogens with zero attached hydrogens (tertiary/aromatic N) is 2. The van der Waals surface area contributed by atoms with Crippen molar-refractivity contribution >= 4 is 11.9 Å². The molecule has 2 aromatic heterocycles. The molecule has 0 radical (unpaired) electrons. The van der Waals surface area contributed by atoms with Crippen LogP contribution in [0.15, 0.2) is 83.9 Å². The van der Waals surface area contributed by atoms with E-state index in [1.807, 2.05) is 13.2 Å². The average molecular weight is 513 g/mol. The van der Waals surface area contributed by atoms with E-state index in [0.717, 1.165) is 44.1 Å². The van der Waals surface area contributed by atoms with Crippen molar-refractivity contribution in [1.82, 2.24) is 9.97 Å². The van der Waals surface area contributed by atoms with Crippen molar-refractivity contribution in [3.63, 3.8) is 0 Å². The van der Waals surface area contributed by atoms with Gasteiger partial charge in [0.1, 0.15) is 0 Å². The normalized spacial score (nSPS) is 29.8. The molecule has 0 amide bonds. The van der Waals surface area contributed by atoms with Gasteiger partial charge >= 0.3 is 11.9 Å². The topological polar surface area (TPSA) is 87.6 Å². The predicted molar refractivity (Wildman–Crippen MR) is 140 cm³/mol. The van der Waals surface area contributed by atoms with Gasteiger partial charge in [-0.05, 0) is 105 Å². The number of hydrogen-bond acceptors (Lipinski definition) is 7. The van der Waals surface area contributed by atoms with E-state index in [0.29, 0.717) is 46.5 Å². The van der Waals surface area contributed by atoms with Gasteiger partial charge in [0, 0.05) is 31.9 Å². The maximum absolute atomic E-state index is 13.2. The second-order valence-electron chi connectivity index (χ2n) is 11.0. The first-order chi connectivity index (χ1) is 18.5. The summed E-state index contributed by atoms with van der Waals surface area (Å²) in [6.07, 6.45) is 17.0. The summed E-state index contributed by atoms with van der Waals surface area (Å²) in [5.74, 6) is 1.34. The molecule has 2 fully saturated rings. The molecule has 196 valence electrons. The first-order valence-electron chi connectivity index (χ1n) is 13.4. The molecule has 2 heterocycles. The van der Waals surface area contributed by atoms with E-state index < -0.39 is 17.4 Å². The van der Waals surface area contributed by atoms with Gasteiger partial charge < -0.3 is 14.2 Å². The van der Waals surface area contributed by atoms with E-state index in [1.165, 1.54) is 18.0 Å². The molecular formula is C31H32N2O5. The maximum Gasteiger partial charge on any atom is 0.345 e. The van der Waals surface area contributed by atoms with Crippen LogP contribution >= 0.6 is 0 Å². The molecule has 4 aliphatic rings. The summed E-state index contributed by atoms with van der Waals surface area (Å²) in [6, 6.07) is 6.71. The molecule has 38 heavy (non-hydrogen) atoms. The van der Waals surface area contributed by atoms with Crippen molar-refractivity contribution in [2.45, 2.75) is 51.6 Å². The Bertz CT molecular complexity index is 1330. The number of aromatic nitrogens is 2. The van der Waals surface area contributed by atoms with Crippen LogP contribution in [0.2, 0.25) is 0 Å². The van der Waals surface area contributed by atoms with E-state index in [1.54, 1.807) is 36.7 Å². The van der Waals surface area contributed by atoms with Gasteiger partial charge in [-0.2, -0.15) is 0 Å². The summed E-state index contributed by atoms with van der Waals surface area (Å²) in [5.41, 5.74) is 2.53. The van der Waals surface area contributed by atoms with Gasteiger partial charge in [0.15, 0.2) is 11.5 Å². The Morgan fingerprint density at radius 2 is 1.68 bits per heavy atom. The molecule has 0 aromatic carbocycles. The lowest BCUT2D eigenvalue weighted by molar-refractivity contribution is 0.00977. The standard InChI is InChI=1S/C31H32N2O5/c1-31-12-11-24-23-10-8-22(36-2)15-19(23)7-9-25(24)26(31)16-27(37-29(34)20-5-3-13-32-17-20)28(31)38-30(35)21-6-4-14-33-18-21/h3-6,9,13-14,16-19,22-24H,7-8,10-12,15H2,1-2H3/t19?,22?,23-,24+,31-/m0/s1. The molecule has 0 N–H and O–H groups in total. The van der Waals surface area contributed by atoms with Gasteiger partial charge in [0.25, 0.3) is 0 Å². The average Bonchev–Trinajstić information content (AvgIpc) is 3.24. The molecule has 2 unspecified atom stereocenters. The van der Waals surface area contributed by atoms with Gasteiger partial charge in [-0.15, -0.1) is 0 Å². The molecule has 0 saturated heterocycles. The zero-order chi connectivity index (χ0) is 26.3. The third-order valence-electron chi connectivity index (χ3n) is 8.94.